The highest BCUT2D eigenvalue weighted by molar-refractivity contribution is 14.1. The second-order valence-corrected chi connectivity index (χ2v) is 9.27. The van der Waals surface area contributed by atoms with Gasteiger partial charge in [0.15, 0.2) is 6.61 Å². The van der Waals surface area contributed by atoms with Crippen LogP contribution < -0.4 is 8.27 Å². The number of halogens is 1. The minimum absolute atomic E-state index is 0.0225. The molecule has 0 unspecified atom stereocenters. The fraction of sp³-hybridized carbons (Fsp3) is 0.696. The van der Waals surface area contributed by atoms with Gasteiger partial charge in [0.25, 0.3) is 5.91 Å². The van der Waals surface area contributed by atoms with Crippen molar-refractivity contribution in [3.63, 3.8) is 0 Å². The standard InChI is InChI=1S/C23H34INO4/c1-2-3-4-7-17(26)9-10-18-19-11-15-6-5-8-22(29-14-23(28)25-24)20(15)12-16(19)13-21(18)27/h5-6,8,16-19,21,26-27H,2-4,7,9-14H2,1H3,(H,25,28)/t16-,17-,18+,19-,21+/m0/s1. The number of hydrogen-bond donors (Lipinski definition) is 3. The Morgan fingerprint density at radius 3 is 2.90 bits per heavy atom. The van der Waals surface area contributed by atoms with Crippen molar-refractivity contribution < 1.29 is 19.7 Å². The first-order valence-electron chi connectivity index (χ1n) is 11.0. The highest BCUT2D eigenvalue weighted by atomic mass is 127. The van der Waals surface area contributed by atoms with E-state index in [4.69, 9.17) is 4.74 Å². The van der Waals surface area contributed by atoms with Crippen LogP contribution in [0, 0.1) is 17.8 Å². The van der Waals surface area contributed by atoms with Gasteiger partial charge in [0, 0.05) is 0 Å². The third kappa shape index (κ3) is 5.85. The summed E-state index contributed by atoms with van der Waals surface area (Å²) in [7, 11) is 0. The largest absolute Gasteiger partial charge is 0.483 e. The van der Waals surface area contributed by atoms with E-state index in [1.807, 2.05) is 35.0 Å². The van der Waals surface area contributed by atoms with Crippen LogP contribution in [0.1, 0.15) is 63.0 Å². The number of ether oxygens (including phenoxy) is 1. The summed E-state index contributed by atoms with van der Waals surface area (Å²) in [6.07, 6.45) is 8.14. The first kappa shape index (κ1) is 22.8. The molecule has 0 spiro atoms. The molecule has 6 heteroatoms. The monoisotopic (exact) mass is 515 g/mol. The maximum Gasteiger partial charge on any atom is 0.266 e. The van der Waals surface area contributed by atoms with Crippen molar-refractivity contribution in [2.45, 2.75) is 76.9 Å². The van der Waals surface area contributed by atoms with E-state index in [9.17, 15) is 15.0 Å². The molecule has 0 radical (unpaired) electrons. The van der Waals surface area contributed by atoms with E-state index >= 15 is 0 Å². The van der Waals surface area contributed by atoms with E-state index in [0.717, 1.165) is 50.7 Å². The average molecular weight is 515 g/mol. The van der Waals surface area contributed by atoms with Crippen molar-refractivity contribution >= 4 is 28.8 Å². The molecule has 3 N–H and O–H groups in total. The molecule has 0 bridgehead atoms. The third-order valence-corrected chi connectivity index (χ3v) is 7.39. The quantitative estimate of drug-likeness (QED) is 0.251. The van der Waals surface area contributed by atoms with E-state index < -0.39 is 0 Å². The molecule has 5 nitrogen and oxygen atoms in total. The van der Waals surface area contributed by atoms with Crippen LogP contribution in [0.4, 0.5) is 0 Å². The molecule has 162 valence electrons. The summed E-state index contributed by atoms with van der Waals surface area (Å²) in [5.41, 5.74) is 2.48. The molecule has 1 aromatic rings. The summed E-state index contributed by atoms with van der Waals surface area (Å²) in [6.45, 7) is 2.20. The lowest BCUT2D eigenvalue weighted by atomic mass is 9.73. The van der Waals surface area contributed by atoms with Crippen LogP contribution in [-0.2, 0) is 17.6 Å². The maximum atomic E-state index is 11.5. The Bertz CT molecular complexity index is 683. The summed E-state index contributed by atoms with van der Waals surface area (Å²) in [4.78, 5) is 11.5. The zero-order valence-corrected chi connectivity index (χ0v) is 19.4. The van der Waals surface area contributed by atoms with E-state index in [0.29, 0.717) is 11.8 Å². The Hall–Kier alpha value is -0.860. The number of hydrogen-bond acceptors (Lipinski definition) is 4. The molecule has 1 fully saturated rings. The minimum Gasteiger partial charge on any atom is -0.483 e. The van der Waals surface area contributed by atoms with Gasteiger partial charge in [-0.15, -0.1) is 0 Å². The molecule has 0 aromatic heterocycles. The number of aliphatic hydroxyl groups excluding tert-OH is 2. The van der Waals surface area contributed by atoms with Crippen LogP contribution in [0.2, 0.25) is 0 Å². The molecule has 1 amide bonds. The van der Waals surface area contributed by atoms with Gasteiger partial charge in [0.2, 0.25) is 0 Å². The van der Waals surface area contributed by atoms with Crippen molar-refractivity contribution in [2.75, 3.05) is 6.61 Å². The number of carbonyl (C=O) groups is 1. The van der Waals surface area contributed by atoms with E-state index in [2.05, 4.69) is 16.5 Å². The Morgan fingerprint density at radius 2 is 2.14 bits per heavy atom. The zero-order chi connectivity index (χ0) is 20.8. The number of rotatable bonds is 10. The van der Waals surface area contributed by atoms with Crippen LogP contribution in [0.5, 0.6) is 5.75 Å². The second kappa shape index (κ2) is 11.0. The number of benzene rings is 1. The van der Waals surface area contributed by atoms with Crippen LogP contribution in [0.15, 0.2) is 18.2 Å². The first-order valence-corrected chi connectivity index (χ1v) is 12.1. The van der Waals surface area contributed by atoms with Crippen molar-refractivity contribution in [3.8, 4) is 5.75 Å². The van der Waals surface area contributed by atoms with Crippen molar-refractivity contribution in [3.05, 3.63) is 29.3 Å². The summed E-state index contributed by atoms with van der Waals surface area (Å²) in [6, 6.07) is 6.08. The van der Waals surface area contributed by atoms with E-state index in [1.165, 1.54) is 24.0 Å². The van der Waals surface area contributed by atoms with Gasteiger partial charge < -0.3 is 14.9 Å². The lowest BCUT2D eigenvalue weighted by Gasteiger charge is -2.32. The highest BCUT2D eigenvalue weighted by Crippen LogP contribution is 2.48. The molecule has 2 aliphatic rings. The summed E-state index contributed by atoms with van der Waals surface area (Å²) >= 11 is 1.82. The Kier molecular flexibility index (Phi) is 8.62. The van der Waals surface area contributed by atoms with Crippen molar-refractivity contribution in [1.82, 2.24) is 3.53 Å². The molecular weight excluding hydrogens is 481 g/mol. The molecule has 1 aromatic carbocycles. The van der Waals surface area contributed by atoms with Crippen LogP contribution in [0.25, 0.3) is 0 Å². The summed E-state index contributed by atoms with van der Waals surface area (Å²) < 4.78 is 8.33. The lowest BCUT2D eigenvalue weighted by Crippen LogP contribution is -2.28. The van der Waals surface area contributed by atoms with Crippen LogP contribution in [0.3, 0.4) is 0 Å². The van der Waals surface area contributed by atoms with Gasteiger partial charge in [0.1, 0.15) is 5.75 Å². The van der Waals surface area contributed by atoms with Crippen LogP contribution >= 0.6 is 22.9 Å². The lowest BCUT2D eigenvalue weighted by molar-refractivity contribution is -0.120. The highest BCUT2D eigenvalue weighted by Gasteiger charge is 2.44. The molecule has 0 saturated heterocycles. The molecule has 0 aliphatic heterocycles. The van der Waals surface area contributed by atoms with Gasteiger partial charge in [-0.2, -0.15) is 0 Å². The van der Waals surface area contributed by atoms with E-state index in [-0.39, 0.29) is 30.6 Å². The number of nitrogens with one attached hydrogen (secondary N) is 1. The predicted molar refractivity (Wildman–Crippen MR) is 122 cm³/mol. The number of carbonyl (C=O) groups excluding carboxylic acids is 1. The number of fused-ring (bicyclic) bond motifs is 2. The SMILES string of the molecule is CCCCC[C@H](O)CC[C@@H]1[C@H]2Cc3cccc(OCC(=O)NI)c3C[C@H]2C[C@H]1O. The third-order valence-electron chi connectivity index (χ3n) is 6.78. The van der Waals surface area contributed by atoms with Gasteiger partial charge in [-0.3, -0.25) is 8.32 Å². The molecule has 29 heavy (non-hydrogen) atoms. The minimum atomic E-state index is -0.281. The van der Waals surface area contributed by atoms with E-state index in [1.54, 1.807) is 0 Å². The molecule has 3 rings (SSSR count). The molecular formula is C23H34INO4. The zero-order valence-electron chi connectivity index (χ0n) is 17.3. The van der Waals surface area contributed by atoms with Crippen LogP contribution in [-0.4, -0.2) is 34.9 Å². The van der Waals surface area contributed by atoms with Crippen molar-refractivity contribution in [2.24, 2.45) is 17.8 Å². The molecule has 2 aliphatic carbocycles. The summed E-state index contributed by atoms with van der Waals surface area (Å²) in [5, 5.41) is 21.0. The van der Waals surface area contributed by atoms with Gasteiger partial charge in [-0.05, 0) is 73.5 Å². The normalized spacial score (nSPS) is 26.5. The maximum absolute atomic E-state index is 11.5. The first-order chi connectivity index (χ1) is 14.0. The van der Waals surface area contributed by atoms with Crippen molar-refractivity contribution in [1.29, 1.82) is 0 Å². The Balaban J connectivity index is 1.62. The number of unbranched alkanes of at least 4 members (excludes halogenated alkanes) is 2. The molecule has 0 heterocycles. The summed E-state index contributed by atoms with van der Waals surface area (Å²) in [5.74, 6) is 1.83. The number of aliphatic hydroxyl groups is 2. The smallest absolute Gasteiger partial charge is 0.266 e. The van der Waals surface area contributed by atoms with Gasteiger partial charge in [-0.25, -0.2) is 0 Å². The molecule has 5 atom stereocenters. The molecule has 1 saturated carbocycles. The topological polar surface area (TPSA) is 78.8 Å². The Morgan fingerprint density at radius 1 is 1.31 bits per heavy atom. The second-order valence-electron chi connectivity index (χ2n) is 8.73. The fourth-order valence-electron chi connectivity index (χ4n) is 5.27. The Labute approximate surface area is 188 Å². The van der Waals surface area contributed by atoms with Gasteiger partial charge in [0.05, 0.1) is 35.1 Å². The fourth-order valence-corrected chi connectivity index (χ4v) is 5.42. The number of amides is 1. The van der Waals surface area contributed by atoms with Gasteiger partial charge in [-0.1, -0.05) is 38.3 Å². The predicted octanol–water partition coefficient (Wildman–Crippen LogP) is 3.96. The average Bonchev–Trinajstić information content (AvgIpc) is 3.02. The van der Waals surface area contributed by atoms with Gasteiger partial charge >= 0.3 is 0 Å².